The third-order valence-electron chi connectivity index (χ3n) is 1.48. The van der Waals surface area contributed by atoms with Gasteiger partial charge in [-0.05, 0) is 12.1 Å². The van der Waals surface area contributed by atoms with Gasteiger partial charge in [0.1, 0.15) is 17.3 Å². The van der Waals surface area contributed by atoms with Crippen molar-refractivity contribution in [3.05, 3.63) is 18.3 Å². The number of pyridine rings is 1. The van der Waals surface area contributed by atoms with E-state index >= 15 is 0 Å². The summed E-state index contributed by atoms with van der Waals surface area (Å²) in [5.41, 5.74) is 5.27. The van der Waals surface area contributed by atoms with E-state index < -0.39 is 22.5 Å². The van der Waals surface area contributed by atoms with Crippen LogP contribution in [0.4, 0.5) is 5.82 Å². The van der Waals surface area contributed by atoms with Gasteiger partial charge >= 0.3 is 5.97 Å². The van der Waals surface area contributed by atoms with Crippen molar-refractivity contribution in [1.82, 2.24) is 9.71 Å². The molecule has 0 bridgehead atoms. The highest BCUT2D eigenvalue weighted by atomic mass is 32.2. The minimum Gasteiger partial charge on any atom is -0.480 e. The van der Waals surface area contributed by atoms with Gasteiger partial charge in [-0.15, -0.1) is 0 Å². The number of carboxylic acid groups (broad SMARTS) is 1. The molecule has 1 aromatic rings. The van der Waals surface area contributed by atoms with Crippen LogP contribution < -0.4 is 10.5 Å². The van der Waals surface area contributed by atoms with E-state index in [1.165, 1.54) is 12.1 Å². The first-order valence-corrected chi connectivity index (χ1v) is 5.33. The number of rotatable bonds is 4. The van der Waals surface area contributed by atoms with Gasteiger partial charge in [0.05, 0.1) is 0 Å². The fraction of sp³-hybridized carbons (Fsp3) is 0.143. The molecule has 0 amide bonds. The standard InChI is InChI=1S/C7H9N3O4S/c8-6-2-1-5(3-9-6)15(13,14)10-4-7(11)12/h1-3,10H,4H2,(H2,8,9)(H,11,12). The van der Waals surface area contributed by atoms with Gasteiger partial charge in [-0.3, -0.25) is 4.79 Å². The van der Waals surface area contributed by atoms with Crippen LogP contribution in [0.25, 0.3) is 0 Å². The Morgan fingerprint density at radius 3 is 2.67 bits per heavy atom. The molecule has 0 aliphatic carbocycles. The van der Waals surface area contributed by atoms with Crippen LogP contribution in [0, 0.1) is 0 Å². The molecule has 0 saturated carbocycles. The summed E-state index contributed by atoms with van der Waals surface area (Å²) in [6.45, 7) is -0.674. The van der Waals surface area contributed by atoms with Gasteiger partial charge in [0.15, 0.2) is 0 Å². The van der Waals surface area contributed by atoms with Crippen molar-refractivity contribution in [2.45, 2.75) is 4.90 Å². The number of sulfonamides is 1. The Balaban J connectivity index is 2.87. The zero-order valence-electron chi connectivity index (χ0n) is 7.54. The smallest absolute Gasteiger partial charge is 0.318 e. The number of aromatic nitrogens is 1. The van der Waals surface area contributed by atoms with Crippen molar-refractivity contribution in [3.8, 4) is 0 Å². The molecule has 0 aliphatic heterocycles. The van der Waals surface area contributed by atoms with Crippen LogP contribution in [-0.4, -0.2) is 31.0 Å². The van der Waals surface area contributed by atoms with Gasteiger partial charge in [-0.1, -0.05) is 0 Å². The van der Waals surface area contributed by atoms with E-state index in [9.17, 15) is 13.2 Å². The molecule has 0 fully saturated rings. The first kappa shape index (κ1) is 11.4. The van der Waals surface area contributed by atoms with Crippen molar-refractivity contribution >= 4 is 21.8 Å². The Kier molecular flexibility index (Phi) is 3.22. The summed E-state index contributed by atoms with van der Waals surface area (Å²) >= 11 is 0. The van der Waals surface area contributed by atoms with E-state index in [4.69, 9.17) is 10.8 Å². The number of hydrogen-bond donors (Lipinski definition) is 3. The van der Waals surface area contributed by atoms with Gasteiger partial charge in [-0.25, -0.2) is 13.4 Å². The molecule has 7 nitrogen and oxygen atoms in total. The molecule has 1 heterocycles. The zero-order valence-corrected chi connectivity index (χ0v) is 8.36. The number of nitrogen functional groups attached to an aromatic ring is 1. The molecule has 15 heavy (non-hydrogen) atoms. The maximum atomic E-state index is 11.4. The Morgan fingerprint density at radius 2 is 2.20 bits per heavy atom. The molecule has 0 aromatic carbocycles. The van der Waals surface area contributed by atoms with Crippen molar-refractivity contribution < 1.29 is 18.3 Å². The van der Waals surface area contributed by atoms with Crippen LogP contribution in [0.5, 0.6) is 0 Å². The molecule has 0 unspecified atom stereocenters. The summed E-state index contributed by atoms with van der Waals surface area (Å²) in [5.74, 6) is -1.07. The predicted molar refractivity (Wildman–Crippen MR) is 51.5 cm³/mol. The maximum absolute atomic E-state index is 11.4. The van der Waals surface area contributed by atoms with Crippen molar-refractivity contribution in [2.24, 2.45) is 0 Å². The van der Waals surface area contributed by atoms with Crippen LogP contribution in [0.3, 0.4) is 0 Å². The fourth-order valence-electron chi connectivity index (χ4n) is 0.791. The lowest BCUT2D eigenvalue weighted by molar-refractivity contribution is -0.135. The molecule has 82 valence electrons. The second kappa shape index (κ2) is 4.24. The van der Waals surface area contributed by atoms with Crippen LogP contribution in [0.2, 0.25) is 0 Å². The van der Waals surface area contributed by atoms with Crippen LogP contribution in [-0.2, 0) is 14.8 Å². The van der Waals surface area contributed by atoms with Crippen molar-refractivity contribution in [1.29, 1.82) is 0 Å². The Hall–Kier alpha value is -1.67. The van der Waals surface area contributed by atoms with Crippen molar-refractivity contribution in [3.63, 3.8) is 0 Å². The van der Waals surface area contributed by atoms with E-state index in [2.05, 4.69) is 4.98 Å². The topological polar surface area (TPSA) is 122 Å². The van der Waals surface area contributed by atoms with Crippen molar-refractivity contribution in [2.75, 3.05) is 12.3 Å². The lowest BCUT2D eigenvalue weighted by atomic mass is 10.5. The number of carbonyl (C=O) groups is 1. The fourth-order valence-corrected chi connectivity index (χ4v) is 1.71. The maximum Gasteiger partial charge on any atom is 0.318 e. The molecular formula is C7H9N3O4S. The summed E-state index contributed by atoms with van der Waals surface area (Å²) in [6, 6.07) is 2.56. The Bertz CT molecular complexity index is 454. The van der Waals surface area contributed by atoms with Crippen LogP contribution in [0.1, 0.15) is 0 Å². The first-order chi connectivity index (χ1) is 6.92. The van der Waals surface area contributed by atoms with E-state index in [0.29, 0.717) is 0 Å². The van der Waals surface area contributed by atoms with E-state index in [1.54, 1.807) is 0 Å². The Labute approximate surface area is 86.0 Å². The molecule has 1 rings (SSSR count). The van der Waals surface area contributed by atoms with Gasteiger partial charge < -0.3 is 10.8 Å². The summed E-state index contributed by atoms with van der Waals surface area (Å²) in [7, 11) is -3.82. The van der Waals surface area contributed by atoms with E-state index in [1.807, 2.05) is 4.72 Å². The highest BCUT2D eigenvalue weighted by Gasteiger charge is 2.14. The highest BCUT2D eigenvalue weighted by molar-refractivity contribution is 7.89. The van der Waals surface area contributed by atoms with E-state index in [0.717, 1.165) is 6.20 Å². The largest absolute Gasteiger partial charge is 0.480 e. The minimum absolute atomic E-state index is 0.127. The molecule has 0 radical (unpaired) electrons. The summed E-state index contributed by atoms with van der Waals surface area (Å²) in [5, 5.41) is 8.31. The molecule has 0 saturated heterocycles. The average molecular weight is 231 g/mol. The molecule has 8 heteroatoms. The Morgan fingerprint density at radius 1 is 1.53 bits per heavy atom. The molecular weight excluding hydrogens is 222 g/mol. The van der Waals surface area contributed by atoms with Gasteiger partial charge in [0, 0.05) is 6.20 Å². The summed E-state index contributed by atoms with van der Waals surface area (Å²) < 4.78 is 24.7. The first-order valence-electron chi connectivity index (χ1n) is 3.85. The number of anilines is 1. The third kappa shape index (κ3) is 3.18. The minimum atomic E-state index is -3.82. The number of nitrogens with two attached hydrogens (primary N) is 1. The lowest BCUT2D eigenvalue weighted by Crippen LogP contribution is -2.29. The molecule has 0 atom stereocenters. The monoisotopic (exact) mass is 231 g/mol. The van der Waals surface area contributed by atoms with Gasteiger partial charge in [0.2, 0.25) is 10.0 Å². The molecule has 0 spiro atoms. The summed E-state index contributed by atoms with van der Waals surface area (Å²) in [6.07, 6.45) is 1.06. The predicted octanol–water partition coefficient (Wildman–Crippen LogP) is -0.973. The molecule has 1 aromatic heterocycles. The highest BCUT2D eigenvalue weighted by Crippen LogP contribution is 2.07. The van der Waals surface area contributed by atoms with Crippen LogP contribution >= 0.6 is 0 Å². The normalized spacial score (nSPS) is 11.2. The van der Waals surface area contributed by atoms with E-state index in [-0.39, 0.29) is 10.7 Å². The molecule has 0 aliphatic rings. The van der Waals surface area contributed by atoms with Gasteiger partial charge in [-0.2, -0.15) is 4.72 Å². The number of nitrogens with one attached hydrogen (secondary N) is 1. The second-order valence-electron chi connectivity index (χ2n) is 2.64. The average Bonchev–Trinajstić information content (AvgIpc) is 2.16. The second-order valence-corrected chi connectivity index (χ2v) is 4.40. The molecule has 4 N–H and O–H groups in total. The number of aliphatic carboxylic acids is 1. The summed E-state index contributed by atoms with van der Waals surface area (Å²) in [4.78, 5) is 13.6. The lowest BCUT2D eigenvalue weighted by Gasteiger charge is -2.03. The quantitative estimate of drug-likeness (QED) is 0.612. The van der Waals surface area contributed by atoms with Crippen LogP contribution in [0.15, 0.2) is 23.2 Å². The third-order valence-corrected chi connectivity index (χ3v) is 2.87. The SMILES string of the molecule is Nc1ccc(S(=O)(=O)NCC(=O)O)cn1. The zero-order chi connectivity index (χ0) is 11.5. The van der Waals surface area contributed by atoms with Gasteiger partial charge in [0.25, 0.3) is 0 Å². The number of hydrogen-bond acceptors (Lipinski definition) is 5. The number of carboxylic acids is 1. The number of nitrogens with zero attached hydrogens (tertiary/aromatic N) is 1.